The molecule has 3 nitrogen and oxygen atoms in total. The van der Waals surface area contributed by atoms with Crippen LogP contribution in [-0.2, 0) is 26.6 Å². The summed E-state index contributed by atoms with van der Waals surface area (Å²) in [5.41, 5.74) is 1.98. The van der Waals surface area contributed by atoms with E-state index in [2.05, 4.69) is 36.4 Å². The second-order valence-electron chi connectivity index (χ2n) is 7.62. The number of benzene rings is 4. The summed E-state index contributed by atoms with van der Waals surface area (Å²) in [7, 11) is 0. The average molecular weight is 436 g/mol. The molecule has 0 aromatic heterocycles. The summed E-state index contributed by atoms with van der Waals surface area (Å²) in [6.07, 6.45) is 0.646. The maximum Gasteiger partial charge on any atom is 0.124 e. The van der Waals surface area contributed by atoms with Crippen molar-refractivity contribution in [1.82, 2.24) is 0 Å². The monoisotopic (exact) mass is 436 g/mol. The molecule has 1 N–H and O–H groups in total. The first kappa shape index (κ1) is 22.5. The summed E-state index contributed by atoms with van der Waals surface area (Å²) in [4.78, 5) is 0. The topological polar surface area (TPSA) is 38.7 Å². The molecule has 0 saturated carbocycles. The number of rotatable bonds is 5. The average Bonchev–Trinajstić information content (AvgIpc) is 2.73. The largest absolute Gasteiger partial charge is 0.507 e. The van der Waals surface area contributed by atoms with Crippen molar-refractivity contribution in [2.75, 3.05) is 0 Å². The van der Waals surface area contributed by atoms with Gasteiger partial charge in [0, 0.05) is 5.56 Å². The van der Waals surface area contributed by atoms with Gasteiger partial charge in [0.25, 0.3) is 0 Å². The Morgan fingerprint density at radius 1 is 0.633 bits per heavy atom. The van der Waals surface area contributed by atoms with Crippen LogP contribution in [0.15, 0.2) is 78.9 Å². The van der Waals surface area contributed by atoms with E-state index >= 15 is 0 Å². The Bertz CT molecular complexity index is 1090. The fourth-order valence-corrected chi connectivity index (χ4v) is 3.89. The molecule has 4 aromatic carbocycles. The minimum atomic E-state index is -0.574. The van der Waals surface area contributed by atoms with Gasteiger partial charge in [0.2, 0.25) is 0 Å². The number of hydrogen-bond donors (Lipinski definition) is 1. The SMILES string of the molecule is CC(C)[O][Ti][O]C(C)C.Oc1ccc2ccccc2c1-c1cccc2ccccc12. The molecule has 0 aliphatic rings. The van der Waals surface area contributed by atoms with Gasteiger partial charge in [-0.15, -0.1) is 0 Å². The first-order valence-corrected chi connectivity index (χ1v) is 11.5. The molecule has 4 heteroatoms. The Labute approximate surface area is 188 Å². The van der Waals surface area contributed by atoms with Gasteiger partial charge in [-0.2, -0.15) is 0 Å². The van der Waals surface area contributed by atoms with Crippen LogP contribution >= 0.6 is 0 Å². The maximum absolute atomic E-state index is 10.4. The fraction of sp³-hybridized carbons (Fsp3) is 0.231. The van der Waals surface area contributed by atoms with Crippen LogP contribution in [0.1, 0.15) is 27.7 Å². The quantitative estimate of drug-likeness (QED) is 0.339. The van der Waals surface area contributed by atoms with Crippen molar-refractivity contribution in [3.8, 4) is 16.9 Å². The van der Waals surface area contributed by atoms with Crippen LogP contribution in [0.4, 0.5) is 0 Å². The van der Waals surface area contributed by atoms with Crippen LogP contribution in [0.5, 0.6) is 5.75 Å². The number of fused-ring (bicyclic) bond motifs is 2. The van der Waals surface area contributed by atoms with Gasteiger partial charge >= 0.3 is 66.5 Å². The zero-order valence-electron chi connectivity index (χ0n) is 17.9. The van der Waals surface area contributed by atoms with Crippen molar-refractivity contribution in [2.45, 2.75) is 39.9 Å². The smallest absolute Gasteiger partial charge is 0.124 e. The van der Waals surface area contributed by atoms with Crippen LogP contribution < -0.4 is 0 Å². The summed E-state index contributed by atoms with van der Waals surface area (Å²) in [6.45, 7) is 8.08. The van der Waals surface area contributed by atoms with Gasteiger partial charge in [0.1, 0.15) is 5.75 Å². The third-order valence-electron chi connectivity index (χ3n) is 4.53. The molecule has 0 aliphatic heterocycles. The number of phenols is 1. The van der Waals surface area contributed by atoms with E-state index in [4.69, 9.17) is 6.64 Å². The summed E-state index contributed by atoms with van der Waals surface area (Å²) >= 11 is -0.574. The van der Waals surface area contributed by atoms with Crippen LogP contribution in [0.3, 0.4) is 0 Å². The second-order valence-corrected chi connectivity index (χ2v) is 8.62. The Hall–Kier alpha value is -2.17. The predicted octanol–water partition coefficient (Wildman–Crippen LogP) is 7.11. The molecular weight excluding hydrogens is 408 g/mol. The maximum atomic E-state index is 10.4. The van der Waals surface area contributed by atoms with E-state index in [0.717, 1.165) is 27.3 Å². The van der Waals surface area contributed by atoms with Crippen LogP contribution in [-0.4, -0.2) is 17.3 Å². The van der Waals surface area contributed by atoms with Gasteiger partial charge in [-0.25, -0.2) is 0 Å². The van der Waals surface area contributed by atoms with E-state index in [9.17, 15) is 5.11 Å². The molecule has 0 atom stereocenters. The van der Waals surface area contributed by atoms with Crippen LogP contribution in [0, 0.1) is 0 Å². The van der Waals surface area contributed by atoms with E-state index in [1.165, 1.54) is 5.39 Å². The third-order valence-corrected chi connectivity index (χ3v) is 6.31. The molecular formula is C26H28O3Ti. The second kappa shape index (κ2) is 10.7. The van der Waals surface area contributed by atoms with Crippen LogP contribution in [0.25, 0.3) is 32.7 Å². The zero-order valence-corrected chi connectivity index (χ0v) is 19.5. The van der Waals surface area contributed by atoms with E-state index in [1.54, 1.807) is 6.07 Å². The molecule has 30 heavy (non-hydrogen) atoms. The van der Waals surface area contributed by atoms with Crippen LogP contribution in [0.2, 0.25) is 0 Å². The van der Waals surface area contributed by atoms with Gasteiger partial charge < -0.3 is 5.11 Å². The Morgan fingerprint density at radius 3 is 1.80 bits per heavy atom. The predicted molar refractivity (Wildman–Crippen MR) is 121 cm³/mol. The molecule has 0 unspecified atom stereocenters. The van der Waals surface area contributed by atoms with E-state index in [-0.39, 0.29) is 0 Å². The molecule has 0 aliphatic carbocycles. The summed E-state index contributed by atoms with van der Waals surface area (Å²) in [6, 6.07) is 26.4. The van der Waals surface area contributed by atoms with Crippen molar-refractivity contribution in [3.63, 3.8) is 0 Å². The minimum absolute atomic E-state index is 0.323. The first-order chi connectivity index (χ1) is 14.5. The summed E-state index contributed by atoms with van der Waals surface area (Å²) in [5, 5.41) is 15.0. The van der Waals surface area contributed by atoms with Gasteiger partial charge in [-0.3, -0.25) is 0 Å². The van der Waals surface area contributed by atoms with Crippen molar-refractivity contribution in [2.24, 2.45) is 0 Å². The Morgan fingerprint density at radius 2 is 1.17 bits per heavy atom. The van der Waals surface area contributed by atoms with Gasteiger partial charge in [0.05, 0.1) is 0 Å². The molecule has 0 radical (unpaired) electrons. The number of phenolic OH excluding ortho intramolecular Hbond substituents is 1. The van der Waals surface area contributed by atoms with Gasteiger partial charge in [0.15, 0.2) is 0 Å². The van der Waals surface area contributed by atoms with E-state index in [0.29, 0.717) is 18.0 Å². The summed E-state index contributed by atoms with van der Waals surface area (Å²) < 4.78 is 10.5. The van der Waals surface area contributed by atoms with E-state index in [1.807, 2.05) is 64.1 Å². The molecule has 0 spiro atoms. The van der Waals surface area contributed by atoms with Crippen molar-refractivity contribution >= 4 is 21.5 Å². The Balaban J connectivity index is 0.000000244. The molecule has 4 rings (SSSR count). The number of aromatic hydroxyl groups is 1. The molecule has 0 fully saturated rings. The molecule has 0 bridgehead atoms. The number of hydrogen-bond acceptors (Lipinski definition) is 3. The third kappa shape index (κ3) is 5.71. The first-order valence-electron chi connectivity index (χ1n) is 10.2. The van der Waals surface area contributed by atoms with Crippen molar-refractivity contribution < 1.29 is 31.7 Å². The van der Waals surface area contributed by atoms with Gasteiger partial charge in [-0.05, 0) is 33.2 Å². The van der Waals surface area contributed by atoms with E-state index < -0.39 is 19.9 Å². The fourth-order valence-electron chi connectivity index (χ4n) is 3.21. The molecule has 0 saturated heterocycles. The minimum Gasteiger partial charge on any atom is -0.507 e. The molecule has 4 aromatic rings. The summed E-state index contributed by atoms with van der Waals surface area (Å²) in [5.74, 6) is 0.324. The van der Waals surface area contributed by atoms with Crippen molar-refractivity contribution in [1.29, 1.82) is 0 Å². The van der Waals surface area contributed by atoms with Crippen molar-refractivity contribution in [3.05, 3.63) is 78.9 Å². The zero-order chi connectivity index (χ0) is 21.5. The molecule has 0 amide bonds. The Kier molecular flexibility index (Phi) is 8.06. The molecule has 154 valence electrons. The molecule has 0 heterocycles. The standard InChI is InChI=1S/C20H14O.2C3H7O.Ti/c21-19-13-12-15-7-2-4-10-17(15)20(19)18-11-5-8-14-6-1-3-9-16(14)18;2*1-3(2)4;/h1-13,21H;2*3H,1-2H3;/q;2*-1;+2. The normalized spacial score (nSPS) is 11.0. The van der Waals surface area contributed by atoms with Gasteiger partial charge in [-0.1, -0.05) is 72.8 Å².